The third kappa shape index (κ3) is 4.51. The summed E-state index contributed by atoms with van der Waals surface area (Å²) in [5.41, 5.74) is 2.60. The minimum absolute atomic E-state index is 0.0701. The van der Waals surface area contributed by atoms with E-state index in [9.17, 15) is 10.1 Å². The van der Waals surface area contributed by atoms with Crippen LogP contribution in [-0.2, 0) is 13.2 Å². The Balaban J connectivity index is 2.15. The first kappa shape index (κ1) is 15.4. The third-order valence-electron chi connectivity index (χ3n) is 2.81. The van der Waals surface area contributed by atoms with Crippen molar-refractivity contribution >= 4 is 17.0 Å². The summed E-state index contributed by atoms with van der Waals surface area (Å²) in [6.45, 7) is 4.99. The van der Waals surface area contributed by atoms with Gasteiger partial charge in [0.05, 0.1) is 15.3 Å². The molecule has 0 radical (unpaired) electrons. The Bertz CT molecular complexity index is 600. The highest BCUT2D eigenvalue weighted by molar-refractivity contribution is 7.09. The van der Waals surface area contributed by atoms with Gasteiger partial charge in [-0.3, -0.25) is 15.1 Å². The van der Waals surface area contributed by atoms with Gasteiger partial charge in [0, 0.05) is 36.5 Å². The Kier molecular flexibility index (Phi) is 5.24. The standard InChI is InChI=1S/C14H17N3O3S/c1-10(2)16-6-11-5-12(17(18)19)3-4-14(11)20-8-13-7-15-9-21-13/h3-5,7,9-10,16H,6,8H2,1-2H3. The molecular weight excluding hydrogens is 290 g/mol. The van der Waals surface area contributed by atoms with Crippen LogP contribution >= 0.6 is 11.3 Å². The van der Waals surface area contributed by atoms with Crippen molar-refractivity contribution in [2.75, 3.05) is 0 Å². The van der Waals surface area contributed by atoms with Crippen LogP contribution in [0.1, 0.15) is 24.3 Å². The van der Waals surface area contributed by atoms with Crippen LogP contribution in [0.15, 0.2) is 29.9 Å². The number of rotatable bonds is 7. The molecule has 7 heteroatoms. The maximum atomic E-state index is 10.9. The summed E-state index contributed by atoms with van der Waals surface area (Å²) in [5.74, 6) is 0.655. The molecule has 1 aromatic carbocycles. The van der Waals surface area contributed by atoms with Crippen molar-refractivity contribution in [2.24, 2.45) is 0 Å². The summed E-state index contributed by atoms with van der Waals surface area (Å²) in [5, 5.41) is 14.1. The van der Waals surface area contributed by atoms with Crippen LogP contribution in [-0.4, -0.2) is 15.9 Å². The number of hydrogen-bond donors (Lipinski definition) is 1. The van der Waals surface area contributed by atoms with E-state index in [0.717, 1.165) is 10.4 Å². The Morgan fingerprint density at radius 1 is 1.48 bits per heavy atom. The lowest BCUT2D eigenvalue weighted by Gasteiger charge is -2.13. The van der Waals surface area contributed by atoms with Gasteiger partial charge in [0.2, 0.25) is 0 Å². The predicted molar refractivity (Wildman–Crippen MR) is 81.5 cm³/mol. The van der Waals surface area contributed by atoms with Gasteiger partial charge < -0.3 is 10.1 Å². The number of ether oxygens (including phenoxy) is 1. The van der Waals surface area contributed by atoms with Crippen LogP contribution in [0.4, 0.5) is 5.69 Å². The summed E-state index contributed by atoms with van der Waals surface area (Å²) >= 11 is 1.51. The summed E-state index contributed by atoms with van der Waals surface area (Å²) in [7, 11) is 0. The van der Waals surface area contributed by atoms with E-state index in [4.69, 9.17) is 4.74 Å². The third-order valence-corrected chi connectivity index (χ3v) is 3.56. The van der Waals surface area contributed by atoms with Crippen LogP contribution < -0.4 is 10.1 Å². The first-order chi connectivity index (χ1) is 10.1. The molecule has 2 aromatic rings. The van der Waals surface area contributed by atoms with Crippen LogP contribution in [0.2, 0.25) is 0 Å². The van der Waals surface area contributed by atoms with E-state index < -0.39 is 4.92 Å². The molecule has 0 aliphatic heterocycles. The Labute approximate surface area is 126 Å². The quantitative estimate of drug-likeness (QED) is 0.628. The van der Waals surface area contributed by atoms with Crippen molar-refractivity contribution < 1.29 is 9.66 Å². The molecule has 0 bridgehead atoms. The maximum Gasteiger partial charge on any atom is 0.270 e. The molecule has 0 spiro atoms. The van der Waals surface area contributed by atoms with E-state index in [2.05, 4.69) is 10.3 Å². The molecule has 0 unspecified atom stereocenters. The molecule has 0 saturated carbocycles. The summed E-state index contributed by atoms with van der Waals surface area (Å²) in [6.07, 6.45) is 1.75. The summed E-state index contributed by atoms with van der Waals surface area (Å²) in [6, 6.07) is 4.95. The van der Waals surface area contributed by atoms with Gasteiger partial charge in [-0.15, -0.1) is 11.3 Å². The van der Waals surface area contributed by atoms with Gasteiger partial charge in [0.15, 0.2) is 0 Å². The molecule has 1 aromatic heterocycles. The number of nitrogens with one attached hydrogen (secondary N) is 1. The molecule has 112 valence electrons. The summed E-state index contributed by atoms with van der Waals surface area (Å²) < 4.78 is 5.76. The van der Waals surface area contributed by atoms with Gasteiger partial charge in [-0.1, -0.05) is 13.8 Å². The average Bonchev–Trinajstić information content (AvgIpc) is 2.96. The van der Waals surface area contributed by atoms with Crippen LogP contribution in [0.3, 0.4) is 0 Å². The zero-order valence-corrected chi connectivity index (χ0v) is 12.7. The second-order valence-electron chi connectivity index (χ2n) is 4.84. The van der Waals surface area contributed by atoms with Crippen molar-refractivity contribution in [3.05, 3.63) is 50.5 Å². The van der Waals surface area contributed by atoms with Gasteiger partial charge >= 0.3 is 0 Å². The molecule has 6 nitrogen and oxygen atoms in total. The number of aromatic nitrogens is 1. The smallest absolute Gasteiger partial charge is 0.270 e. The molecule has 0 amide bonds. The van der Waals surface area contributed by atoms with Gasteiger partial charge in [-0.05, 0) is 6.07 Å². The van der Waals surface area contributed by atoms with E-state index in [1.165, 1.54) is 17.4 Å². The zero-order chi connectivity index (χ0) is 15.2. The van der Waals surface area contributed by atoms with Crippen LogP contribution in [0.5, 0.6) is 5.75 Å². The molecule has 0 atom stereocenters. The topological polar surface area (TPSA) is 77.3 Å². The van der Waals surface area contributed by atoms with E-state index in [0.29, 0.717) is 24.9 Å². The van der Waals surface area contributed by atoms with Crippen molar-refractivity contribution in [3.63, 3.8) is 0 Å². The number of benzene rings is 1. The van der Waals surface area contributed by atoms with E-state index >= 15 is 0 Å². The van der Waals surface area contributed by atoms with Crippen LogP contribution in [0.25, 0.3) is 0 Å². The minimum Gasteiger partial charge on any atom is -0.488 e. The molecule has 1 N–H and O–H groups in total. The van der Waals surface area contributed by atoms with Crippen molar-refractivity contribution in [3.8, 4) is 5.75 Å². The molecule has 0 saturated heterocycles. The molecule has 0 fully saturated rings. The molecule has 21 heavy (non-hydrogen) atoms. The molecular formula is C14H17N3O3S. The number of nitro benzene ring substituents is 1. The fourth-order valence-electron chi connectivity index (χ4n) is 1.73. The van der Waals surface area contributed by atoms with Crippen molar-refractivity contribution in [2.45, 2.75) is 33.0 Å². The Morgan fingerprint density at radius 3 is 2.90 bits per heavy atom. The number of non-ortho nitro benzene ring substituents is 1. The van der Waals surface area contributed by atoms with E-state index in [-0.39, 0.29) is 5.69 Å². The Hall–Kier alpha value is -1.99. The second-order valence-corrected chi connectivity index (χ2v) is 5.81. The van der Waals surface area contributed by atoms with Gasteiger partial charge in [0.1, 0.15) is 12.4 Å². The number of thiazole rings is 1. The van der Waals surface area contributed by atoms with Crippen molar-refractivity contribution in [1.82, 2.24) is 10.3 Å². The number of hydrogen-bond acceptors (Lipinski definition) is 6. The lowest BCUT2D eigenvalue weighted by molar-refractivity contribution is -0.384. The lowest BCUT2D eigenvalue weighted by atomic mass is 10.1. The molecule has 0 aliphatic rings. The molecule has 1 heterocycles. The number of nitro groups is 1. The first-order valence-corrected chi connectivity index (χ1v) is 7.45. The van der Waals surface area contributed by atoms with Gasteiger partial charge in [-0.2, -0.15) is 0 Å². The highest BCUT2D eigenvalue weighted by atomic mass is 32.1. The van der Waals surface area contributed by atoms with Gasteiger partial charge in [-0.25, -0.2) is 0 Å². The van der Waals surface area contributed by atoms with Crippen LogP contribution in [0, 0.1) is 10.1 Å². The highest BCUT2D eigenvalue weighted by Crippen LogP contribution is 2.25. The fraction of sp³-hybridized carbons (Fsp3) is 0.357. The summed E-state index contributed by atoms with van der Waals surface area (Å²) in [4.78, 5) is 15.5. The fourth-order valence-corrected chi connectivity index (χ4v) is 2.24. The van der Waals surface area contributed by atoms with Gasteiger partial charge in [0.25, 0.3) is 5.69 Å². The van der Waals surface area contributed by atoms with E-state index in [1.54, 1.807) is 23.8 Å². The average molecular weight is 307 g/mol. The largest absolute Gasteiger partial charge is 0.488 e. The number of nitrogens with zero attached hydrogens (tertiary/aromatic N) is 2. The first-order valence-electron chi connectivity index (χ1n) is 6.57. The van der Waals surface area contributed by atoms with Crippen molar-refractivity contribution in [1.29, 1.82) is 0 Å². The van der Waals surface area contributed by atoms with E-state index in [1.807, 2.05) is 13.8 Å². The predicted octanol–water partition coefficient (Wildman–Crippen LogP) is 3.13. The normalized spacial score (nSPS) is 10.8. The maximum absolute atomic E-state index is 10.9. The second kappa shape index (κ2) is 7.14. The minimum atomic E-state index is -0.397. The molecule has 2 rings (SSSR count). The Morgan fingerprint density at radius 2 is 2.29 bits per heavy atom. The zero-order valence-electron chi connectivity index (χ0n) is 11.9. The monoisotopic (exact) mass is 307 g/mol. The molecule has 0 aliphatic carbocycles. The lowest BCUT2D eigenvalue weighted by Crippen LogP contribution is -2.22. The SMILES string of the molecule is CC(C)NCc1cc([N+](=O)[O-])ccc1OCc1cncs1. The highest BCUT2D eigenvalue weighted by Gasteiger charge is 2.12.